The minimum atomic E-state index is 0.140. The Morgan fingerprint density at radius 3 is 2.86 bits per heavy atom. The minimum Gasteiger partial charge on any atom is -0.369 e. The van der Waals surface area contributed by atoms with Crippen LogP contribution >= 0.6 is 0 Å². The van der Waals surface area contributed by atoms with Crippen LogP contribution in [0.25, 0.3) is 0 Å². The molecule has 3 nitrogen and oxygen atoms in total. The zero-order valence-corrected chi connectivity index (χ0v) is 9.45. The predicted molar refractivity (Wildman–Crippen MR) is 56.1 cm³/mol. The van der Waals surface area contributed by atoms with Crippen molar-refractivity contribution in [2.75, 3.05) is 19.7 Å². The fourth-order valence-corrected chi connectivity index (χ4v) is 1.75. The van der Waals surface area contributed by atoms with Gasteiger partial charge in [0.1, 0.15) is 6.61 Å². The van der Waals surface area contributed by atoms with Gasteiger partial charge < -0.3 is 9.64 Å². The summed E-state index contributed by atoms with van der Waals surface area (Å²) in [5, 5.41) is 0. The molecule has 1 atom stereocenters. The Morgan fingerprint density at radius 1 is 1.57 bits per heavy atom. The Kier molecular flexibility index (Phi) is 4.39. The van der Waals surface area contributed by atoms with Crippen molar-refractivity contribution in [3.63, 3.8) is 0 Å². The summed E-state index contributed by atoms with van der Waals surface area (Å²) in [5.41, 5.74) is 0. The average Bonchev–Trinajstić information content (AvgIpc) is 2.14. The zero-order valence-electron chi connectivity index (χ0n) is 9.45. The topological polar surface area (TPSA) is 29.5 Å². The van der Waals surface area contributed by atoms with Gasteiger partial charge in [0, 0.05) is 13.1 Å². The van der Waals surface area contributed by atoms with Gasteiger partial charge in [0.05, 0.1) is 6.10 Å². The zero-order chi connectivity index (χ0) is 10.6. The second kappa shape index (κ2) is 5.35. The molecule has 1 rings (SSSR count). The number of nitrogens with zero attached hydrogens (tertiary/aromatic N) is 1. The maximum Gasteiger partial charge on any atom is 0.248 e. The van der Waals surface area contributed by atoms with Gasteiger partial charge in [0.2, 0.25) is 5.91 Å². The van der Waals surface area contributed by atoms with Crippen molar-refractivity contribution in [3.8, 4) is 0 Å². The Bertz CT molecular complexity index is 192. The molecule has 1 unspecified atom stereocenters. The molecule has 1 fully saturated rings. The highest BCUT2D eigenvalue weighted by Crippen LogP contribution is 2.15. The van der Waals surface area contributed by atoms with Gasteiger partial charge in [-0.2, -0.15) is 0 Å². The van der Waals surface area contributed by atoms with Crippen molar-refractivity contribution in [2.45, 2.75) is 39.7 Å². The fraction of sp³-hybridized carbons (Fsp3) is 0.909. The summed E-state index contributed by atoms with van der Waals surface area (Å²) in [4.78, 5) is 13.6. The molecule has 1 aliphatic heterocycles. The van der Waals surface area contributed by atoms with Gasteiger partial charge in [-0.15, -0.1) is 0 Å². The summed E-state index contributed by atoms with van der Waals surface area (Å²) in [5.74, 6) is 0.789. The summed E-state index contributed by atoms with van der Waals surface area (Å²) in [6.07, 6.45) is 2.52. The maximum atomic E-state index is 11.6. The normalized spacial score (nSPS) is 22.9. The van der Waals surface area contributed by atoms with Gasteiger partial charge in [-0.3, -0.25) is 4.79 Å². The van der Waals surface area contributed by atoms with Crippen molar-refractivity contribution in [1.82, 2.24) is 4.90 Å². The number of likely N-dealkylation sites (tertiary alicyclic amines) is 1. The number of rotatable bonds is 3. The van der Waals surface area contributed by atoms with Crippen LogP contribution in [0.3, 0.4) is 0 Å². The van der Waals surface area contributed by atoms with Crippen LogP contribution in [0.4, 0.5) is 0 Å². The first kappa shape index (κ1) is 11.5. The van der Waals surface area contributed by atoms with Crippen LogP contribution in [0.1, 0.15) is 33.6 Å². The van der Waals surface area contributed by atoms with Crippen molar-refractivity contribution in [2.24, 2.45) is 5.92 Å². The lowest BCUT2D eigenvalue weighted by Crippen LogP contribution is -2.41. The molecule has 14 heavy (non-hydrogen) atoms. The van der Waals surface area contributed by atoms with Gasteiger partial charge in [-0.1, -0.05) is 6.92 Å². The molecule has 1 amide bonds. The first-order valence-electron chi connectivity index (χ1n) is 5.49. The van der Waals surface area contributed by atoms with Crippen LogP contribution in [-0.4, -0.2) is 36.6 Å². The minimum absolute atomic E-state index is 0.140. The molecular weight excluding hydrogens is 178 g/mol. The Labute approximate surface area is 86.4 Å². The lowest BCUT2D eigenvalue weighted by atomic mass is 10.0. The van der Waals surface area contributed by atoms with Crippen molar-refractivity contribution in [3.05, 3.63) is 0 Å². The van der Waals surface area contributed by atoms with E-state index in [-0.39, 0.29) is 18.6 Å². The van der Waals surface area contributed by atoms with Gasteiger partial charge in [-0.25, -0.2) is 0 Å². The quantitative estimate of drug-likeness (QED) is 0.692. The lowest BCUT2D eigenvalue weighted by Gasteiger charge is -2.31. The first-order valence-corrected chi connectivity index (χ1v) is 5.49. The van der Waals surface area contributed by atoms with E-state index in [4.69, 9.17) is 4.74 Å². The van der Waals surface area contributed by atoms with Gasteiger partial charge in [0.15, 0.2) is 0 Å². The van der Waals surface area contributed by atoms with E-state index in [0.29, 0.717) is 5.92 Å². The molecule has 1 heterocycles. The van der Waals surface area contributed by atoms with Crippen LogP contribution in [0, 0.1) is 5.92 Å². The average molecular weight is 199 g/mol. The summed E-state index contributed by atoms with van der Waals surface area (Å²) in [6.45, 7) is 8.15. The maximum absolute atomic E-state index is 11.6. The molecule has 0 radical (unpaired) electrons. The molecule has 3 heteroatoms. The van der Waals surface area contributed by atoms with Crippen LogP contribution in [0.5, 0.6) is 0 Å². The molecule has 0 spiro atoms. The van der Waals surface area contributed by atoms with E-state index in [9.17, 15) is 4.79 Å². The number of amides is 1. The highest BCUT2D eigenvalue weighted by Gasteiger charge is 2.20. The largest absolute Gasteiger partial charge is 0.369 e. The fourth-order valence-electron chi connectivity index (χ4n) is 1.75. The van der Waals surface area contributed by atoms with E-state index in [1.165, 1.54) is 6.42 Å². The van der Waals surface area contributed by atoms with E-state index < -0.39 is 0 Å². The van der Waals surface area contributed by atoms with Crippen molar-refractivity contribution < 1.29 is 9.53 Å². The van der Waals surface area contributed by atoms with E-state index in [2.05, 4.69) is 6.92 Å². The van der Waals surface area contributed by atoms with Crippen molar-refractivity contribution in [1.29, 1.82) is 0 Å². The molecule has 1 aliphatic rings. The Morgan fingerprint density at radius 2 is 2.29 bits per heavy atom. The van der Waals surface area contributed by atoms with Crippen LogP contribution in [0.15, 0.2) is 0 Å². The van der Waals surface area contributed by atoms with E-state index in [1.807, 2.05) is 18.7 Å². The molecule has 0 aromatic heterocycles. The number of ether oxygens (including phenoxy) is 1. The smallest absolute Gasteiger partial charge is 0.248 e. The third-order valence-electron chi connectivity index (χ3n) is 2.55. The highest BCUT2D eigenvalue weighted by molar-refractivity contribution is 5.77. The van der Waals surface area contributed by atoms with Crippen LogP contribution in [-0.2, 0) is 9.53 Å². The third kappa shape index (κ3) is 3.66. The molecule has 0 aliphatic carbocycles. The number of carbonyl (C=O) groups is 1. The molecular formula is C11H21NO2. The monoisotopic (exact) mass is 199 g/mol. The molecule has 0 aromatic carbocycles. The SMILES string of the molecule is CC1CCCN(C(=O)COC(C)C)C1. The standard InChI is InChI=1S/C11H21NO2/c1-9(2)14-8-11(13)12-6-4-5-10(3)7-12/h9-10H,4-8H2,1-3H3. The summed E-state index contributed by atoms with van der Waals surface area (Å²) in [6, 6.07) is 0. The third-order valence-corrected chi connectivity index (χ3v) is 2.55. The molecule has 0 aromatic rings. The molecule has 0 bridgehead atoms. The predicted octanol–water partition coefficient (Wildman–Crippen LogP) is 1.67. The second-order valence-electron chi connectivity index (χ2n) is 4.45. The lowest BCUT2D eigenvalue weighted by molar-refractivity contribution is -0.139. The van der Waals surface area contributed by atoms with E-state index in [0.717, 1.165) is 19.5 Å². The second-order valence-corrected chi connectivity index (χ2v) is 4.45. The van der Waals surface area contributed by atoms with Gasteiger partial charge in [0.25, 0.3) is 0 Å². The van der Waals surface area contributed by atoms with E-state index in [1.54, 1.807) is 0 Å². The van der Waals surface area contributed by atoms with Gasteiger partial charge in [-0.05, 0) is 32.6 Å². The number of hydrogen-bond donors (Lipinski definition) is 0. The number of hydrogen-bond acceptors (Lipinski definition) is 2. The highest BCUT2D eigenvalue weighted by atomic mass is 16.5. The summed E-state index contributed by atoms with van der Waals surface area (Å²) in [7, 11) is 0. The molecule has 1 saturated heterocycles. The summed E-state index contributed by atoms with van der Waals surface area (Å²) < 4.78 is 5.30. The van der Waals surface area contributed by atoms with E-state index >= 15 is 0 Å². The Hall–Kier alpha value is -0.570. The molecule has 0 N–H and O–H groups in total. The van der Waals surface area contributed by atoms with Crippen LogP contribution < -0.4 is 0 Å². The van der Waals surface area contributed by atoms with Crippen molar-refractivity contribution >= 4 is 5.91 Å². The Balaban J connectivity index is 2.29. The summed E-state index contributed by atoms with van der Waals surface area (Å²) >= 11 is 0. The molecule has 0 saturated carbocycles. The van der Waals surface area contributed by atoms with Gasteiger partial charge >= 0.3 is 0 Å². The molecule has 82 valence electrons. The number of carbonyl (C=O) groups excluding carboxylic acids is 1. The van der Waals surface area contributed by atoms with Crippen LogP contribution in [0.2, 0.25) is 0 Å². The first-order chi connectivity index (χ1) is 6.59. The number of piperidine rings is 1.